The van der Waals surface area contributed by atoms with E-state index in [-0.39, 0.29) is 11.6 Å². The second kappa shape index (κ2) is 6.72. The van der Waals surface area contributed by atoms with Crippen LogP contribution in [-0.2, 0) is 11.8 Å². The van der Waals surface area contributed by atoms with Gasteiger partial charge >= 0.3 is 0 Å². The van der Waals surface area contributed by atoms with Crippen molar-refractivity contribution in [3.63, 3.8) is 0 Å². The van der Waals surface area contributed by atoms with Crippen molar-refractivity contribution >= 4 is 0 Å². The molecule has 1 aliphatic rings. The minimum atomic E-state index is -0.100. The zero-order valence-corrected chi connectivity index (χ0v) is 13.4. The summed E-state index contributed by atoms with van der Waals surface area (Å²) < 4.78 is 8.19. The Balaban J connectivity index is 2.31. The third-order valence-corrected chi connectivity index (χ3v) is 4.39. The van der Waals surface area contributed by atoms with E-state index in [9.17, 15) is 0 Å². The Labute approximate surface area is 122 Å². The van der Waals surface area contributed by atoms with Crippen molar-refractivity contribution in [1.82, 2.24) is 15.1 Å². The molecule has 1 aromatic heterocycles. The quantitative estimate of drug-likeness (QED) is 0.870. The van der Waals surface area contributed by atoms with E-state index in [1.165, 1.54) is 12.8 Å². The largest absolute Gasteiger partial charge is 0.373 e. The highest BCUT2D eigenvalue weighted by molar-refractivity contribution is 5.13. The number of aryl methyl sites for hydroxylation is 1. The molecule has 4 nitrogen and oxygen atoms in total. The Morgan fingerprint density at radius 3 is 2.90 bits per heavy atom. The first kappa shape index (κ1) is 15.5. The van der Waals surface area contributed by atoms with Crippen LogP contribution in [0.25, 0.3) is 0 Å². The molecule has 114 valence electrons. The van der Waals surface area contributed by atoms with Crippen molar-refractivity contribution in [2.24, 2.45) is 13.0 Å². The van der Waals surface area contributed by atoms with Crippen LogP contribution < -0.4 is 5.32 Å². The molecule has 0 bridgehead atoms. The number of likely N-dealkylation sites (N-methyl/N-ethyl adjacent to an activating group) is 1. The lowest BCUT2D eigenvalue weighted by molar-refractivity contribution is -0.102. The molecule has 0 aliphatic heterocycles. The molecule has 0 amide bonds. The summed E-state index contributed by atoms with van der Waals surface area (Å²) in [5.74, 6) is 0.722. The molecule has 0 spiro atoms. The molecule has 0 radical (unpaired) electrons. The van der Waals surface area contributed by atoms with Crippen molar-refractivity contribution in [2.45, 2.75) is 58.1 Å². The molecule has 3 atom stereocenters. The predicted molar refractivity (Wildman–Crippen MR) is 81.6 cm³/mol. The summed E-state index contributed by atoms with van der Waals surface area (Å²) in [7, 11) is 1.98. The highest BCUT2D eigenvalue weighted by Crippen LogP contribution is 2.43. The average Bonchev–Trinajstić information content (AvgIpc) is 2.82. The molecular weight excluding hydrogens is 250 g/mol. The highest BCUT2D eigenvalue weighted by atomic mass is 16.5. The van der Waals surface area contributed by atoms with Gasteiger partial charge in [-0.25, -0.2) is 0 Å². The lowest BCUT2D eigenvalue weighted by atomic mass is 9.73. The van der Waals surface area contributed by atoms with Gasteiger partial charge in [0, 0.05) is 19.9 Å². The smallest absolute Gasteiger partial charge is 0.0894 e. The SMILES string of the molecule is CCNC(c1ccn(C)n1)C1(OCC)CCCC(C)C1. The van der Waals surface area contributed by atoms with Crippen molar-refractivity contribution in [3.05, 3.63) is 18.0 Å². The van der Waals surface area contributed by atoms with E-state index < -0.39 is 0 Å². The topological polar surface area (TPSA) is 39.1 Å². The van der Waals surface area contributed by atoms with E-state index in [1.54, 1.807) is 0 Å². The van der Waals surface area contributed by atoms with Crippen molar-refractivity contribution < 1.29 is 4.74 Å². The molecule has 1 aliphatic carbocycles. The van der Waals surface area contributed by atoms with Gasteiger partial charge in [0.2, 0.25) is 0 Å². The van der Waals surface area contributed by atoms with E-state index in [2.05, 4.69) is 37.3 Å². The Morgan fingerprint density at radius 2 is 2.35 bits per heavy atom. The van der Waals surface area contributed by atoms with Crippen LogP contribution in [0.15, 0.2) is 12.3 Å². The third-order valence-electron chi connectivity index (χ3n) is 4.39. The first-order valence-corrected chi connectivity index (χ1v) is 7.98. The first-order valence-electron chi connectivity index (χ1n) is 7.98. The van der Waals surface area contributed by atoms with Gasteiger partial charge in [0.1, 0.15) is 0 Å². The maximum atomic E-state index is 6.31. The van der Waals surface area contributed by atoms with E-state index >= 15 is 0 Å². The second-order valence-electron chi connectivity index (χ2n) is 6.10. The summed E-state index contributed by atoms with van der Waals surface area (Å²) in [5.41, 5.74) is 1.01. The Morgan fingerprint density at radius 1 is 1.55 bits per heavy atom. The van der Waals surface area contributed by atoms with E-state index in [0.29, 0.717) is 0 Å². The summed E-state index contributed by atoms with van der Waals surface area (Å²) in [4.78, 5) is 0. The maximum absolute atomic E-state index is 6.31. The van der Waals surface area contributed by atoms with E-state index in [4.69, 9.17) is 4.74 Å². The molecule has 3 unspecified atom stereocenters. The second-order valence-corrected chi connectivity index (χ2v) is 6.10. The van der Waals surface area contributed by atoms with Gasteiger partial charge < -0.3 is 10.1 Å². The lowest BCUT2D eigenvalue weighted by Gasteiger charge is -2.45. The number of hydrogen-bond donors (Lipinski definition) is 1. The molecule has 1 heterocycles. The fourth-order valence-corrected chi connectivity index (χ4v) is 3.66. The molecule has 20 heavy (non-hydrogen) atoms. The molecule has 1 fully saturated rings. The van der Waals surface area contributed by atoms with Gasteiger partial charge in [-0.15, -0.1) is 0 Å². The van der Waals surface area contributed by atoms with E-state index in [0.717, 1.165) is 37.6 Å². The fraction of sp³-hybridized carbons (Fsp3) is 0.812. The van der Waals surface area contributed by atoms with Crippen molar-refractivity contribution in [2.75, 3.05) is 13.2 Å². The number of hydrogen-bond acceptors (Lipinski definition) is 3. The van der Waals surface area contributed by atoms with Gasteiger partial charge in [0.05, 0.1) is 17.3 Å². The minimum absolute atomic E-state index is 0.100. The van der Waals surface area contributed by atoms with Gasteiger partial charge in [-0.3, -0.25) is 4.68 Å². The number of nitrogens with one attached hydrogen (secondary N) is 1. The summed E-state index contributed by atoms with van der Waals surface area (Å²) >= 11 is 0. The van der Waals surface area contributed by atoms with Crippen LogP contribution in [-0.4, -0.2) is 28.5 Å². The van der Waals surface area contributed by atoms with Crippen molar-refractivity contribution in [3.8, 4) is 0 Å². The van der Waals surface area contributed by atoms with Gasteiger partial charge in [-0.05, 0) is 38.3 Å². The fourth-order valence-electron chi connectivity index (χ4n) is 3.66. The molecular formula is C16H29N3O. The Bertz CT molecular complexity index is 414. The van der Waals surface area contributed by atoms with Crippen LogP contribution in [0.5, 0.6) is 0 Å². The highest BCUT2D eigenvalue weighted by Gasteiger charge is 2.44. The van der Waals surface area contributed by atoms with Crippen LogP contribution in [0.3, 0.4) is 0 Å². The standard InChI is InChI=1S/C16H29N3O/c1-5-17-15(14-9-11-19(4)18-14)16(20-6-2)10-7-8-13(3)12-16/h9,11,13,15,17H,5-8,10,12H2,1-4H3. The molecule has 0 saturated heterocycles. The Kier molecular flexibility index (Phi) is 5.22. The average molecular weight is 279 g/mol. The predicted octanol–water partition coefficient (Wildman–Crippen LogP) is 3.06. The molecule has 2 rings (SSSR count). The van der Waals surface area contributed by atoms with Gasteiger partial charge in [0.25, 0.3) is 0 Å². The zero-order chi connectivity index (χ0) is 14.6. The number of aromatic nitrogens is 2. The number of rotatable bonds is 6. The van der Waals surface area contributed by atoms with Crippen LogP contribution in [0.1, 0.15) is 58.2 Å². The molecule has 1 saturated carbocycles. The van der Waals surface area contributed by atoms with Crippen molar-refractivity contribution in [1.29, 1.82) is 0 Å². The van der Waals surface area contributed by atoms with Crippen LogP contribution >= 0.6 is 0 Å². The summed E-state index contributed by atoms with van der Waals surface area (Å²) in [6.45, 7) is 8.30. The van der Waals surface area contributed by atoms with E-state index in [1.807, 2.05) is 17.9 Å². The van der Waals surface area contributed by atoms with Crippen LogP contribution in [0.2, 0.25) is 0 Å². The molecule has 4 heteroatoms. The Hall–Kier alpha value is -0.870. The molecule has 1 aromatic rings. The number of nitrogens with zero attached hydrogens (tertiary/aromatic N) is 2. The van der Waals surface area contributed by atoms with Gasteiger partial charge in [-0.1, -0.05) is 26.7 Å². The lowest BCUT2D eigenvalue weighted by Crippen LogP contribution is -2.49. The molecule has 0 aromatic carbocycles. The third kappa shape index (κ3) is 3.23. The minimum Gasteiger partial charge on any atom is -0.373 e. The monoisotopic (exact) mass is 279 g/mol. The zero-order valence-electron chi connectivity index (χ0n) is 13.4. The summed E-state index contributed by atoms with van der Waals surface area (Å²) in [5, 5.41) is 8.26. The number of ether oxygens (including phenoxy) is 1. The summed E-state index contributed by atoms with van der Waals surface area (Å²) in [6, 6.07) is 2.31. The molecule has 1 N–H and O–H groups in total. The van der Waals surface area contributed by atoms with Gasteiger partial charge in [-0.2, -0.15) is 5.10 Å². The normalized spacial score (nSPS) is 28.5. The van der Waals surface area contributed by atoms with Crippen LogP contribution in [0, 0.1) is 5.92 Å². The summed E-state index contributed by atoms with van der Waals surface area (Å²) in [6.07, 6.45) is 6.83. The first-order chi connectivity index (χ1) is 9.61. The maximum Gasteiger partial charge on any atom is 0.0894 e. The van der Waals surface area contributed by atoms with Crippen LogP contribution in [0.4, 0.5) is 0 Å². The van der Waals surface area contributed by atoms with Gasteiger partial charge in [0.15, 0.2) is 0 Å².